The van der Waals surface area contributed by atoms with Gasteiger partial charge in [0.1, 0.15) is 5.84 Å². The molecular formula is C12H13N3OS. The zero-order valence-corrected chi connectivity index (χ0v) is 10.0. The van der Waals surface area contributed by atoms with Crippen LogP contribution in [0.1, 0.15) is 10.4 Å². The Hall–Kier alpha value is -1.88. The van der Waals surface area contributed by atoms with Crippen molar-refractivity contribution in [2.45, 2.75) is 6.42 Å². The van der Waals surface area contributed by atoms with Gasteiger partial charge in [0, 0.05) is 29.1 Å². The lowest BCUT2D eigenvalue weighted by Crippen LogP contribution is -2.11. The summed E-state index contributed by atoms with van der Waals surface area (Å²) >= 11 is 1.72. The Kier molecular flexibility index (Phi) is 3.72. The first-order valence-electron chi connectivity index (χ1n) is 5.21. The summed E-state index contributed by atoms with van der Waals surface area (Å²) in [5, 5.41) is 9.29. The van der Waals surface area contributed by atoms with E-state index in [-0.39, 0.29) is 5.84 Å². The predicted molar refractivity (Wildman–Crippen MR) is 68.8 cm³/mol. The molecule has 0 unspecified atom stereocenters. The van der Waals surface area contributed by atoms with Gasteiger partial charge in [-0.15, -0.1) is 11.3 Å². The quantitative estimate of drug-likeness (QED) is 0.627. The van der Waals surface area contributed by atoms with E-state index in [1.807, 2.05) is 6.07 Å². The largest absolute Gasteiger partial charge is 0.477 e. The number of ether oxygens (including phenoxy) is 1. The Labute approximate surface area is 104 Å². The Morgan fingerprint density at radius 1 is 1.41 bits per heavy atom. The lowest BCUT2D eigenvalue weighted by atomic mass is 10.3. The first-order valence-corrected chi connectivity index (χ1v) is 6.09. The maximum atomic E-state index is 7.24. The second-order valence-corrected chi connectivity index (χ2v) is 4.51. The molecule has 2 aromatic heterocycles. The Balaban J connectivity index is 1.85. The van der Waals surface area contributed by atoms with Gasteiger partial charge in [0.05, 0.1) is 6.61 Å². The molecule has 2 heterocycles. The van der Waals surface area contributed by atoms with Gasteiger partial charge in [-0.1, -0.05) is 6.07 Å². The van der Waals surface area contributed by atoms with E-state index in [2.05, 4.69) is 16.4 Å². The van der Waals surface area contributed by atoms with Crippen molar-refractivity contribution in [1.29, 1.82) is 5.41 Å². The maximum Gasteiger partial charge on any atom is 0.213 e. The van der Waals surface area contributed by atoms with Crippen LogP contribution in [-0.2, 0) is 6.42 Å². The minimum atomic E-state index is 0.0163. The maximum absolute atomic E-state index is 7.24. The summed E-state index contributed by atoms with van der Waals surface area (Å²) < 4.78 is 5.50. The molecule has 0 aromatic carbocycles. The Bertz CT molecular complexity index is 479. The van der Waals surface area contributed by atoms with Crippen LogP contribution < -0.4 is 10.5 Å². The van der Waals surface area contributed by atoms with Gasteiger partial charge < -0.3 is 10.5 Å². The van der Waals surface area contributed by atoms with Crippen molar-refractivity contribution in [3.63, 3.8) is 0 Å². The molecule has 0 aliphatic rings. The number of nitrogens with two attached hydrogens (primary N) is 1. The first-order chi connectivity index (χ1) is 8.25. The molecule has 0 radical (unpaired) electrons. The number of hydrogen-bond acceptors (Lipinski definition) is 4. The van der Waals surface area contributed by atoms with Crippen LogP contribution in [0.3, 0.4) is 0 Å². The number of rotatable bonds is 5. The van der Waals surface area contributed by atoms with Crippen molar-refractivity contribution in [3.8, 4) is 5.88 Å². The van der Waals surface area contributed by atoms with Crippen LogP contribution in [-0.4, -0.2) is 17.4 Å². The molecule has 3 N–H and O–H groups in total. The van der Waals surface area contributed by atoms with E-state index in [9.17, 15) is 0 Å². The van der Waals surface area contributed by atoms with Crippen molar-refractivity contribution in [3.05, 3.63) is 46.3 Å². The van der Waals surface area contributed by atoms with Gasteiger partial charge in [-0.25, -0.2) is 4.98 Å². The Morgan fingerprint density at radius 2 is 2.29 bits per heavy atom. The van der Waals surface area contributed by atoms with Crippen molar-refractivity contribution in [2.24, 2.45) is 5.73 Å². The van der Waals surface area contributed by atoms with E-state index in [1.54, 1.807) is 29.7 Å². The van der Waals surface area contributed by atoms with Crippen LogP contribution in [0.15, 0.2) is 35.8 Å². The van der Waals surface area contributed by atoms with Gasteiger partial charge >= 0.3 is 0 Å². The molecule has 4 nitrogen and oxygen atoms in total. The molecule has 0 aliphatic carbocycles. The number of thiophene rings is 1. The highest BCUT2D eigenvalue weighted by atomic mass is 32.1. The summed E-state index contributed by atoms with van der Waals surface area (Å²) in [7, 11) is 0. The molecule has 0 aliphatic heterocycles. The van der Waals surface area contributed by atoms with E-state index in [0.29, 0.717) is 18.1 Å². The van der Waals surface area contributed by atoms with Crippen LogP contribution in [0.2, 0.25) is 0 Å². The van der Waals surface area contributed by atoms with E-state index in [1.165, 1.54) is 4.88 Å². The number of hydrogen-bond donors (Lipinski definition) is 2. The highest BCUT2D eigenvalue weighted by molar-refractivity contribution is 7.09. The van der Waals surface area contributed by atoms with Crippen LogP contribution >= 0.6 is 11.3 Å². The summed E-state index contributed by atoms with van der Waals surface area (Å²) in [4.78, 5) is 5.38. The monoisotopic (exact) mass is 247 g/mol. The summed E-state index contributed by atoms with van der Waals surface area (Å²) in [6, 6.07) is 7.57. The van der Waals surface area contributed by atoms with Crippen molar-refractivity contribution >= 4 is 17.2 Å². The van der Waals surface area contributed by atoms with Gasteiger partial charge in [0.25, 0.3) is 0 Å². The van der Waals surface area contributed by atoms with Gasteiger partial charge in [-0.2, -0.15) is 0 Å². The molecule has 2 rings (SSSR count). The third-order valence-electron chi connectivity index (χ3n) is 2.23. The fourth-order valence-electron chi connectivity index (χ4n) is 1.34. The zero-order valence-electron chi connectivity index (χ0n) is 9.22. The predicted octanol–water partition coefficient (Wildman–Crippen LogP) is 2.05. The van der Waals surface area contributed by atoms with Gasteiger partial charge in [0.15, 0.2) is 0 Å². The van der Waals surface area contributed by atoms with Crippen LogP contribution in [0.25, 0.3) is 0 Å². The standard InChI is InChI=1S/C12H13N3OS/c13-12(14)9-3-4-11(15-8-9)16-6-5-10-2-1-7-17-10/h1-4,7-8H,5-6H2,(H3,13,14). The third kappa shape index (κ3) is 3.29. The van der Waals surface area contributed by atoms with Crippen molar-refractivity contribution < 1.29 is 4.74 Å². The van der Waals surface area contributed by atoms with E-state index in [0.717, 1.165) is 6.42 Å². The van der Waals surface area contributed by atoms with Crippen LogP contribution in [0.5, 0.6) is 5.88 Å². The molecule has 5 heteroatoms. The molecule has 88 valence electrons. The lowest BCUT2D eigenvalue weighted by Gasteiger charge is -2.04. The third-order valence-corrected chi connectivity index (χ3v) is 3.16. The van der Waals surface area contributed by atoms with Crippen molar-refractivity contribution in [1.82, 2.24) is 4.98 Å². The number of nitrogen functional groups attached to an aromatic ring is 1. The molecule has 17 heavy (non-hydrogen) atoms. The smallest absolute Gasteiger partial charge is 0.213 e. The second kappa shape index (κ2) is 5.45. The highest BCUT2D eigenvalue weighted by Crippen LogP contribution is 2.11. The number of nitrogens with one attached hydrogen (secondary N) is 1. The minimum absolute atomic E-state index is 0.0163. The average molecular weight is 247 g/mol. The minimum Gasteiger partial charge on any atom is -0.477 e. The normalized spacial score (nSPS) is 10.1. The molecule has 2 aromatic rings. The molecule has 0 atom stereocenters. The summed E-state index contributed by atoms with van der Waals surface area (Å²) in [5.41, 5.74) is 5.94. The summed E-state index contributed by atoms with van der Waals surface area (Å²) in [6.07, 6.45) is 2.43. The van der Waals surface area contributed by atoms with Crippen molar-refractivity contribution in [2.75, 3.05) is 6.61 Å². The fraction of sp³-hybridized carbons (Fsp3) is 0.167. The molecular weight excluding hydrogens is 234 g/mol. The van der Waals surface area contributed by atoms with Gasteiger partial charge in [-0.3, -0.25) is 5.41 Å². The molecule has 0 fully saturated rings. The van der Waals surface area contributed by atoms with Gasteiger partial charge in [0.2, 0.25) is 5.88 Å². The molecule has 0 amide bonds. The lowest BCUT2D eigenvalue weighted by molar-refractivity contribution is 0.310. The van der Waals surface area contributed by atoms with E-state index in [4.69, 9.17) is 15.9 Å². The van der Waals surface area contributed by atoms with E-state index >= 15 is 0 Å². The SMILES string of the molecule is N=C(N)c1ccc(OCCc2cccs2)nc1. The molecule has 0 saturated carbocycles. The fourth-order valence-corrected chi connectivity index (χ4v) is 2.03. The number of pyridine rings is 1. The Morgan fingerprint density at radius 3 is 2.88 bits per heavy atom. The van der Waals surface area contributed by atoms with Crippen LogP contribution in [0, 0.1) is 5.41 Å². The summed E-state index contributed by atoms with van der Waals surface area (Å²) in [6.45, 7) is 0.604. The number of amidine groups is 1. The first kappa shape index (κ1) is 11.6. The van der Waals surface area contributed by atoms with E-state index < -0.39 is 0 Å². The highest BCUT2D eigenvalue weighted by Gasteiger charge is 2.00. The number of aromatic nitrogens is 1. The topological polar surface area (TPSA) is 72.0 Å². The molecule has 0 saturated heterocycles. The molecule has 0 bridgehead atoms. The summed E-state index contributed by atoms with van der Waals surface area (Å²) in [5.74, 6) is 0.578. The second-order valence-electron chi connectivity index (χ2n) is 3.48. The zero-order chi connectivity index (χ0) is 12.1. The average Bonchev–Trinajstić information content (AvgIpc) is 2.83. The van der Waals surface area contributed by atoms with Crippen LogP contribution in [0.4, 0.5) is 0 Å². The number of nitrogens with zero attached hydrogens (tertiary/aromatic N) is 1. The van der Waals surface area contributed by atoms with Gasteiger partial charge in [-0.05, 0) is 17.5 Å². The molecule has 0 spiro atoms.